The van der Waals surface area contributed by atoms with Crippen molar-refractivity contribution in [3.8, 4) is 56.4 Å². The van der Waals surface area contributed by atoms with E-state index in [0.29, 0.717) is 39.8 Å². The molecule has 10 rings (SSSR count). The summed E-state index contributed by atoms with van der Waals surface area (Å²) in [7, 11) is 0. The van der Waals surface area contributed by atoms with E-state index in [0.717, 1.165) is 55.0 Å². The molecule has 0 N–H and O–H groups in total. The summed E-state index contributed by atoms with van der Waals surface area (Å²) >= 11 is 0. The van der Waals surface area contributed by atoms with Gasteiger partial charge in [-0.15, -0.1) is 0 Å². The topological polar surface area (TPSA) is 65.0 Å². The van der Waals surface area contributed by atoms with Gasteiger partial charge in [0.2, 0.25) is 0 Å². The van der Waals surface area contributed by atoms with Crippen LogP contribution in [0.3, 0.4) is 0 Å². The highest BCUT2D eigenvalue weighted by atomic mass is 16.3. The fourth-order valence-electron chi connectivity index (χ4n) is 6.79. The fourth-order valence-corrected chi connectivity index (χ4v) is 6.79. The van der Waals surface area contributed by atoms with Crippen LogP contribution in [0, 0.1) is 0 Å². The van der Waals surface area contributed by atoms with E-state index in [1.54, 1.807) is 18.2 Å². The van der Waals surface area contributed by atoms with Crippen molar-refractivity contribution in [3.63, 3.8) is 0 Å². The summed E-state index contributed by atoms with van der Waals surface area (Å²) < 4.78 is 54.7. The Labute approximate surface area is 294 Å². The molecule has 0 bridgehead atoms. The Balaban J connectivity index is 1.21. The molecule has 0 aliphatic heterocycles. The van der Waals surface area contributed by atoms with E-state index in [-0.39, 0.29) is 17.6 Å². The first-order valence-corrected chi connectivity index (χ1v) is 16.2. The fraction of sp³-hybridized carbons (Fsp3) is 0. The average Bonchev–Trinajstić information content (AvgIpc) is 3.81. The molecule has 0 atom stereocenters. The van der Waals surface area contributed by atoms with Gasteiger partial charge in [0.1, 0.15) is 22.3 Å². The zero-order valence-electron chi connectivity index (χ0n) is 31.4. The van der Waals surface area contributed by atoms with Crippen molar-refractivity contribution in [2.45, 2.75) is 0 Å². The average molecular weight is 647 g/mol. The molecule has 10 aromatic rings. The second-order valence-corrected chi connectivity index (χ2v) is 12.0. The van der Waals surface area contributed by atoms with Gasteiger partial charge in [-0.2, -0.15) is 0 Å². The van der Waals surface area contributed by atoms with Crippen molar-refractivity contribution in [1.82, 2.24) is 15.0 Å². The van der Waals surface area contributed by atoms with Crippen LogP contribution in [-0.4, -0.2) is 15.0 Å². The maximum absolute atomic E-state index is 8.59. The summed E-state index contributed by atoms with van der Waals surface area (Å²) in [4.78, 5) is 15.0. The third-order valence-corrected chi connectivity index (χ3v) is 9.03. The number of furan rings is 2. The molecular formula is C45H27N3O2. The maximum Gasteiger partial charge on any atom is 0.164 e. The molecule has 5 heteroatoms. The number of hydrogen-bond acceptors (Lipinski definition) is 5. The summed E-state index contributed by atoms with van der Waals surface area (Å²) in [5, 5.41) is 3.81. The third kappa shape index (κ3) is 4.60. The molecule has 234 valence electrons. The molecular weight excluding hydrogens is 615 g/mol. The van der Waals surface area contributed by atoms with Crippen LogP contribution in [0.1, 0.15) is 6.85 Å². The zero-order chi connectivity index (χ0) is 37.4. The lowest BCUT2D eigenvalue weighted by Gasteiger charge is -2.11. The van der Waals surface area contributed by atoms with Crippen molar-refractivity contribution >= 4 is 43.9 Å². The van der Waals surface area contributed by atoms with Gasteiger partial charge in [0.25, 0.3) is 0 Å². The van der Waals surface area contributed by atoms with E-state index >= 15 is 0 Å². The zero-order valence-corrected chi connectivity index (χ0v) is 26.4. The van der Waals surface area contributed by atoms with Gasteiger partial charge in [-0.05, 0) is 41.0 Å². The Hall–Kier alpha value is -6.85. The number of hydrogen-bond donors (Lipinski definition) is 0. The molecule has 0 aliphatic rings. The quantitative estimate of drug-likeness (QED) is 0.186. The van der Waals surface area contributed by atoms with Crippen LogP contribution in [0.2, 0.25) is 0 Å². The number of nitrogens with zero attached hydrogens (tertiary/aromatic N) is 3. The molecule has 0 amide bonds. The molecule has 0 saturated heterocycles. The van der Waals surface area contributed by atoms with E-state index in [2.05, 4.69) is 24.3 Å². The standard InChI is InChI=1S/C45H27N3O2/c1-3-13-28(14-4-1)30-17-9-18-31(27-30)44-46-43(29-15-5-2-6-16-29)47-45(48-44)36-23-12-26-39-41(36)40-33(20-11-25-38(40)49-39)35-22-10-21-34-32-19-7-8-24-37(32)50-42(34)35/h1-27H/i1D,3D,4D,13D,14D. The number of fused-ring (bicyclic) bond motifs is 6. The Bertz CT molecular complexity index is 3150. The smallest absolute Gasteiger partial charge is 0.164 e. The monoisotopic (exact) mass is 646 g/mol. The van der Waals surface area contributed by atoms with Crippen LogP contribution < -0.4 is 0 Å². The van der Waals surface area contributed by atoms with Crippen molar-refractivity contribution in [3.05, 3.63) is 164 Å². The molecule has 0 aliphatic carbocycles. The van der Waals surface area contributed by atoms with Gasteiger partial charge in [-0.25, -0.2) is 15.0 Å². The van der Waals surface area contributed by atoms with Crippen molar-refractivity contribution < 1.29 is 15.7 Å². The Kier molecular flexibility index (Phi) is 5.35. The highest BCUT2D eigenvalue weighted by Gasteiger charge is 2.22. The third-order valence-electron chi connectivity index (χ3n) is 9.03. The van der Waals surface area contributed by atoms with Gasteiger partial charge >= 0.3 is 0 Å². The van der Waals surface area contributed by atoms with Crippen LogP contribution in [0.4, 0.5) is 0 Å². The molecule has 50 heavy (non-hydrogen) atoms. The molecule has 3 heterocycles. The largest absolute Gasteiger partial charge is 0.456 e. The lowest BCUT2D eigenvalue weighted by atomic mass is 9.95. The normalized spacial score (nSPS) is 13.0. The first-order chi connectivity index (χ1) is 26.9. The van der Waals surface area contributed by atoms with Gasteiger partial charge in [-0.3, -0.25) is 0 Å². The van der Waals surface area contributed by atoms with Crippen LogP contribution >= 0.6 is 0 Å². The Morgan fingerprint density at radius 1 is 0.400 bits per heavy atom. The molecule has 5 nitrogen and oxygen atoms in total. The second-order valence-electron chi connectivity index (χ2n) is 12.0. The predicted octanol–water partition coefficient (Wildman–Crippen LogP) is 12.0. The second kappa shape index (κ2) is 11.4. The summed E-state index contributed by atoms with van der Waals surface area (Å²) in [5.74, 6) is 1.23. The first kappa shape index (κ1) is 23.5. The number of para-hydroxylation sites is 2. The van der Waals surface area contributed by atoms with Gasteiger partial charge in [0.05, 0.1) is 6.85 Å². The van der Waals surface area contributed by atoms with E-state index in [1.807, 2.05) is 91.0 Å². The highest BCUT2D eigenvalue weighted by Crippen LogP contribution is 2.44. The van der Waals surface area contributed by atoms with Gasteiger partial charge < -0.3 is 8.83 Å². The molecule has 0 saturated carbocycles. The van der Waals surface area contributed by atoms with Crippen molar-refractivity contribution in [1.29, 1.82) is 0 Å². The van der Waals surface area contributed by atoms with Crippen LogP contribution in [0.15, 0.2) is 173 Å². The molecule has 0 spiro atoms. The molecule has 7 aromatic carbocycles. The van der Waals surface area contributed by atoms with Crippen LogP contribution in [0.25, 0.3) is 100 Å². The first-order valence-electron chi connectivity index (χ1n) is 18.7. The van der Waals surface area contributed by atoms with Crippen molar-refractivity contribution in [2.75, 3.05) is 0 Å². The summed E-state index contributed by atoms with van der Waals surface area (Å²) in [6, 6.07) is 41.0. The van der Waals surface area contributed by atoms with Gasteiger partial charge in [0.15, 0.2) is 17.5 Å². The lowest BCUT2D eigenvalue weighted by molar-refractivity contribution is 0.668. The van der Waals surface area contributed by atoms with E-state index in [1.165, 1.54) is 0 Å². The van der Waals surface area contributed by atoms with Crippen LogP contribution in [-0.2, 0) is 0 Å². The molecule has 3 aromatic heterocycles. The Morgan fingerprint density at radius 3 is 1.82 bits per heavy atom. The minimum Gasteiger partial charge on any atom is -0.456 e. The van der Waals surface area contributed by atoms with Gasteiger partial charge in [-0.1, -0.05) is 139 Å². The maximum atomic E-state index is 8.59. The number of aromatic nitrogens is 3. The minimum atomic E-state index is -0.442. The van der Waals surface area contributed by atoms with E-state index in [9.17, 15) is 0 Å². The number of benzene rings is 7. The van der Waals surface area contributed by atoms with E-state index in [4.69, 9.17) is 30.6 Å². The van der Waals surface area contributed by atoms with Crippen LogP contribution in [0.5, 0.6) is 0 Å². The Morgan fingerprint density at radius 2 is 0.980 bits per heavy atom. The molecule has 0 radical (unpaired) electrons. The summed E-state index contributed by atoms with van der Waals surface area (Å²) in [6.45, 7) is 0. The van der Waals surface area contributed by atoms with Gasteiger partial charge in [0, 0.05) is 43.8 Å². The van der Waals surface area contributed by atoms with Crippen molar-refractivity contribution in [2.24, 2.45) is 0 Å². The lowest BCUT2D eigenvalue weighted by Crippen LogP contribution is -2.00. The SMILES string of the molecule is [2H]c1c([2H])c([2H])c(-c2cccc(-c3nc(-c4ccccc4)nc(-c4cccc5oc6cccc(-c7cccc8c7oc7ccccc78)c6c45)n3)c2)c([2H])c1[2H]. The molecule has 0 unspecified atom stereocenters. The predicted molar refractivity (Wildman–Crippen MR) is 202 cm³/mol. The van der Waals surface area contributed by atoms with E-state index < -0.39 is 18.1 Å². The minimum absolute atomic E-state index is 0.104. The summed E-state index contributed by atoms with van der Waals surface area (Å²) in [5.41, 5.74) is 7.52. The highest BCUT2D eigenvalue weighted by molar-refractivity contribution is 6.20. The number of rotatable bonds is 5. The summed E-state index contributed by atoms with van der Waals surface area (Å²) in [6.07, 6.45) is 0. The molecule has 0 fully saturated rings.